The first-order chi connectivity index (χ1) is 7.24. The van der Waals surface area contributed by atoms with E-state index < -0.39 is 6.03 Å². The molecule has 0 atom stereocenters. The van der Waals surface area contributed by atoms with E-state index in [1.165, 1.54) is 12.8 Å². The molecule has 4 nitrogen and oxygen atoms in total. The van der Waals surface area contributed by atoms with Gasteiger partial charge in [0.2, 0.25) is 0 Å². The zero-order valence-corrected chi connectivity index (χ0v) is 8.40. The Labute approximate surface area is 88.4 Å². The number of ether oxygens (including phenoxy) is 1. The molecule has 0 radical (unpaired) electrons. The van der Waals surface area contributed by atoms with Crippen LogP contribution < -0.4 is 15.8 Å². The highest BCUT2D eigenvalue weighted by atomic mass is 16.5. The van der Waals surface area contributed by atoms with Crippen molar-refractivity contribution in [1.29, 1.82) is 0 Å². The highest BCUT2D eigenvalue weighted by molar-refractivity contribution is 5.87. The second-order valence-electron chi connectivity index (χ2n) is 3.77. The number of nitrogens with two attached hydrogens (primary N) is 1. The van der Waals surface area contributed by atoms with Crippen LogP contribution in [0, 0.1) is 5.92 Å². The Balaban J connectivity index is 1.94. The highest BCUT2D eigenvalue weighted by Gasteiger charge is 2.21. The Bertz CT molecular complexity index is 361. The van der Waals surface area contributed by atoms with E-state index in [4.69, 9.17) is 10.5 Å². The molecule has 1 saturated carbocycles. The normalized spacial score (nSPS) is 14.7. The van der Waals surface area contributed by atoms with Crippen LogP contribution in [0.15, 0.2) is 24.3 Å². The number of anilines is 1. The van der Waals surface area contributed by atoms with E-state index in [0.717, 1.165) is 18.3 Å². The van der Waals surface area contributed by atoms with E-state index >= 15 is 0 Å². The SMILES string of the molecule is NC(=O)Nc1cccc(OCC2CC2)c1. The maximum absolute atomic E-state index is 10.6. The molecule has 80 valence electrons. The molecule has 1 aliphatic rings. The lowest BCUT2D eigenvalue weighted by molar-refractivity contribution is 0.259. The third kappa shape index (κ3) is 3.16. The predicted octanol–water partition coefficient (Wildman–Crippen LogP) is 1.97. The van der Waals surface area contributed by atoms with Crippen molar-refractivity contribution in [3.05, 3.63) is 24.3 Å². The van der Waals surface area contributed by atoms with Crippen molar-refractivity contribution in [1.82, 2.24) is 0 Å². The maximum Gasteiger partial charge on any atom is 0.316 e. The first-order valence-electron chi connectivity index (χ1n) is 5.03. The van der Waals surface area contributed by atoms with Gasteiger partial charge in [-0.3, -0.25) is 0 Å². The molecule has 15 heavy (non-hydrogen) atoms. The Morgan fingerprint density at radius 2 is 2.33 bits per heavy atom. The van der Waals surface area contributed by atoms with Crippen LogP contribution in [0.3, 0.4) is 0 Å². The number of urea groups is 1. The van der Waals surface area contributed by atoms with Crippen molar-refractivity contribution in [2.24, 2.45) is 11.7 Å². The summed E-state index contributed by atoms with van der Waals surface area (Å²) in [6, 6.07) is 6.68. The van der Waals surface area contributed by atoms with Crippen molar-refractivity contribution >= 4 is 11.7 Å². The zero-order valence-electron chi connectivity index (χ0n) is 8.40. The van der Waals surface area contributed by atoms with E-state index in [-0.39, 0.29) is 0 Å². The highest BCUT2D eigenvalue weighted by Crippen LogP contribution is 2.29. The van der Waals surface area contributed by atoms with Gasteiger partial charge in [0.1, 0.15) is 5.75 Å². The van der Waals surface area contributed by atoms with Gasteiger partial charge in [0, 0.05) is 11.8 Å². The fourth-order valence-electron chi connectivity index (χ4n) is 1.30. The minimum atomic E-state index is -0.561. The average molecular weight is 206 g/mol. The van der Waals surface area contributed by atoms with Crippen molar-refractivity contribution in [2.75, 3.05) is 11.9 Å². The largest absolute Gasteiger partial charge is 0.493 e. The van der Waals surface area contributed by atoms with Crippen LogP contribution in [0.2, 0.25) is 0 Å². The number of primary amides is 1. The average Bonchev–Trinajstić information content (AvgIpc) is 2.97. The third-order valence-electron chi connectivity index (χ3n) is 2.28. The predicted molar refractivity (Wildman–Crippen MR) is 57.9 cm³/mol. The van der Waals surface area contributed by atoms with E-state index in [0.29, 0.717) is 5.69 Å². The van der Waals surface area contributed by atoms with Crippen LogP contribution in [0.5, 0.6) is 5.75 Å². The topological polar surface area (TPSA) is 64.4 Å². The van der Waals surface area contributed by atoms with Crippen molar-refractivity contribution in [3.8, 4) is 5.75 Å². The summed E-state index contributed by atoms with van der Waals surface area (Å²) in [6.45, 7) is 0.764. The van der Waals surface area contributed by atoms with Gasteiger partial charge in [0.15, 0.2) is 0 Å². The molecule has 1 aromatic carbocycles. The van der Waals surface area contributed by atoms with E-state index in [2.05, 4.69) is 5.32 Å². The van der Waals surface area contributed by atoms with Crippen LogP contribution in [0.1, 0.15) is 12.8 Å². The fourth-order valence-corrected chi connectivity index (χ4v) is 1.30. The van der Waals surface area contributed by atoms with Gasteiger partial charge in [0.25, 0.3) is 0 Å². The number of carbonyl (C=O) groups is 1. The number of amides is 2. The molecular formula is C11H14N2O2. The minimum Gasteiger partial charge on any atom is -0.493 e. The number of carbonyl (C=O) groups excluding carboxylic acids is 1. The molecule has 0 unspecified atom stereocenters. The third-order valence-corrected chi connectivity index (χ3v) is 2.28. The summed E-state index contributed by atoms with van der Waals surface area (Å²) in [5.41, 5.74) is 5.68. The molecule has 2 amide bonds. The lowest BCUT2D eigenvalue weighted by Crippen LogP contribution is -2.19. The minimum absolute atomic E-state index is 0.561. The lowest BCUT2D eigenvalue weighted by atomic mass is 10.3. The molecule has 1 aromatic rings. The summed E-state index contributed by atoms with van der Waals surface area (Å²) in [4.78, 5) is 10.6. The number of rotatable bonds is 4. The second kappa shape index (κ2) is 4.21. The Kier molecular flexibility index (Phi) is 2.76. The standard InChI is InChI=1S/C11H14N2O2/c12-11(14)13-9-2-1-3-10(6-9)15-7-8-4-5-8/h1-3,6,8H,4-5,7H2,(H3,12,13,14). The number of benzene rings is 1. The molecule has 0 saturated heterocycles. The number of hydrogen-bond donors (Lipinski definition) is 2. The van der Waals surface area contributed by atoms with Crippen LogP contribution in [-0.4, -0.2) is 12.6 Å². The molecule has 0 spiro atoms. The summed E-state index contributed by atoms with van der Waals surface area (Å²) >= 11 is 0. The van der Waals surface area contributed by atoms with Gasteiger partial charge in [0.05, 0.1) is 6.61 Å². The molecule has 0 aliphatic heterocycles. The molecule has 0 heterocycles. The number of nitrogens with one attached hydrogen (secondary N) is 1. The monoisotopic (exact) mass is 206 g/mol. The van der Waals surface area contributed by atoms with Gasteiger partial charge in [-0.15, -0.1) is 0 Å². The van der Waals surface area contributed by atoms with E-state index in [9.17, 15) is 4.79 Å². The maximum atomic E-state index is 10.6. The Morgan fingerprint density at radius 1 is 1.53 bits per heavy atom. The fraction of sp³-hybridized carbons (Fsp3) is 0.364. The Morgan fingerprint density at radius 3 is 3.00 bits per heavy atom. The molecule has 3 N–H and O–H groups in total. The van der Waals surface area contributed by atoms with Crippen molar-refractivity contribution in [2.45, 2.75) is 12.8 Å². The summed E-state index contributed by atoms with van der Waals surface area (Å²) in [6.07, 6.45) is 2.53. The van der Waals surface area contributed by atoms with Gasteiger partial charge < -0.3 is 15.8 Å². The van der Waals surface area contributed by atoms with Crippen LogP contribution in [0.4, 0.5) is 10.5 Å². The van der Waals surface area contributed by atoms with Crippen molar-refractivity contribution < 1.29 is 9.53 Å². The molecule has 0 bridgehead atoms. The van der Waals surface area contributed by atoms with Gasteiger partial charge >= 0.3 is 6.03 Å². The van der Waals surface area contributed by atoms with Gasteiger partial charge in [-0.2, -0.15) is 0 Å². The molecule has 0 aromatic heterocycles. The smallest absolute Gasteiger partial charge is 0.316 e. The molecule has 1 fully saturated rings. The summed E-state index contributed by atoms with van der Waals surface area (Å²) < 4.78 is 5.56. The second-order valence-corrected chi connectivity index (χ2v) is 3.77. The lowest BCUT2D eigenvalue weighted by Gasteiger charge is -2.07. The van der Waals surface area contributed by atoms with Gasteiger partial charge in [-0.05, 0) is 30.9 Å². The quantitative estimate of drug-likeness (QED) is 0.791. The number of hydrogen-bond acceptors (Lipinski definition) is 2. The summed E-state index contributed by atoms with van der Waals surface area (Å²) in [7, 11) is 0. The molecule has 2 rings (SSSR count). The van der Waals surface area contributed by atoms with Crippen LogP contribution in [-0.2, 0) is 0 Å². The van der Waals surface area contributed by atoms with E-state index in [1.807, 2.05) is 12.1 Å². The first kappa shape index (κ1) is 9.83. The van der Waals surface area contributed by atoms with E-state index in [1.54, 1.807) is 12.1 Å². The van der Waals surface area contributed by atoms with Gasteiger partial charge in [-0.1, -0.05) is 6.07 Å². The summed E-state index contributed by atoms with van der Waals surface area (Å²) in [5, 5.41) is 2.51. The van der Waals surface area contributed by atoms with Crippen LogP contribution >= 0.6 is 0 Å². The molecule has 1 aliphatic carbocycles. The first-order valence-corrected chi connectivity index (χ1v) is 5.03. The van der Waals surface area contributed by atoms with Crippen molar-refractivity contribution in [3.63, 3.8) is 0 Å². The Hall–Kier alpha value is -1.71. The molecule has 4 heteroatoms. The molecular weight excluding hydrogens is 192 g/mol. The summed E-state index contributed by atoms with van der Waals surface area (Å²) in [5.74, 6) is 1.49. The van der Waals surface area contributed by atoms with Crippen LogP contribution in [0.25, 0.3) is 0 Å². The van der Waals surface area contributed by atoms with Gasteiger partial charge in [-0.25, -0.2) is 4.79 Å². The zero-order chi connectivity index (χ0) is 10.7.